The number of fused-ring (bicyclic) bond motifs is 1. The summed E-state index contributed by atoms with van der Waals surface area (Å²) < 4.78 is 7.36. The molecule has 1 aliphatic rings. The largest absolute Gasteiger partial charge is 0.462 e. The van der Waals surface area contributed by atoms with Crippen LogP contribution in [0.2, 0.25) is 0 Å². The van der Waals surface area contributed by atoms with Crippen LogP contribution < -0.4 is 5.32 Å². The maximum absolute atomic E-state index is 12.4. The Kier molecular flexibility index (Phi) is 5.90. The summed E-state index contributed by atoms with van der Waals surface area (Å²) in [6.45, 7) is 6.28. The second-order valence-electron chi connectivity index (χ2n) is 7.86. The van der Waals surface area contributed by atoms with Gasteiger partial charge in [0.05, 0.1) is 6.61 Å². The zero-order valence-electron chi connectivity index (χ0n) is 17.5. The molecule has 3 aromatic rings. The average molecular weight is 412 g/mol. The molecule has 0 unspecified atom stereocenters. The first-order valence-corrected chi connectivity index (χ1v) is 11.4. The van der Waals surface area contributed by atoms with Crippen LogP contribution in [-0.4, -0.2) is 28.0 Å². The molecule has 0 radical (unpaired) electrons. The Labute approximate surface area is 176 Å². The Balaban J connectivity index is 1.81. The van der Waals surface area contributed by atoms with Crippen LogP contribution in [0.3, 0.4) is 0 Å². The minimum atomic E-state index is -0.266. The normalized spacial score (nSPS) is 15.4. The number of rotatable bonds is 5. The number of carbonyl (C=O) groups is 1. The molecule has 1 N–H and O–H groups in total. The van der Waals surface area contributed by atoms with Crippen molar-refractivity contribution in [1.82, 2.24) is 9.38 Å². The Bertz CT molecular complexity index is 995. The Hall–Kier alpha value is -2.34. The molecule has 0 aliphatic heterocycles. The third kappa shape index (κ3) is 4.04. The van der Waals surface area contributed by atoms with Crippen LogP contribution >= 0.6 is 11.3 Å². The molecule has 5 nitrogen and oxygen atoms in total. The highest BCUT2D eigenvalue weighted by Gasteiger charge is 2.25. The fraction of sp³-hybridized carbons (Fsp3) is 0.478. The molecule has 1 saturated carbocycles. The van der Waals surface area contributed by atoms with E-state index < -0.39 is 0 Å². The van der Waals surface area contributed by atoms with Gasteiger partial charge in [-0.15, -0.1) is 0 Å². The molecule has 154 valence electrons. The van der Waals surface area contributed by atoms with Crippen LogP contribution in [0.1, 0.15) is 66.4 Å². The number of hydrogen-bond acceptors (Lipinski definition) is 5. The van der Waals surface area contributed by atoms with Gasteiger partial charge in [0.2, 0.25) is 0 Å². The molecule has 1 aliphatic carbocycles. The van der Waals surface area contributed by atoms with Gasteiger partial charge in [-0.1, -0.05) is 66.8 Å². The Morgan fingerprint density at radius 2 is 1.86 bits per heavy atom. The molecule has 29 heavy (non-hydrogen) atoms. The van der Waals surface area contributed by atoms with Gasteiger partial charge in [-0.05, 0) is 33.6 Å². The highest BCUT2D eigenvalue weighted by molar-refractivity contribution is 7.19. The van der Waals surface area contributed by atoms with Crippen LogP contribution in [0.25, 0.3) is 16.2 Å². The van der Waals surface area contributed by atoms with E-state index in [1.165, 1.54) is 55.4 Å². The summed E-state index contributed by atoms with van der Waals surface area (Å²) in [5, 5.41) is 3.81. The lowest BCUT2D eigenvalue weighted by Crippen LogP contribution is -2.20. The number of esters is 1. The lowest BCUT2D eigenvalue weighted by Gasteiger charge is -2.18. The maximum atomic E-state index is 12.4. The van der Waals surface area contributed by atoms with E-state index in [1.54, 1.807) is 0 Å². The van der Waals surface area contributed by atoms with E-state index in [2.05, 4.69) is 40.9 Å². The Morgan fingerprint density at radius 1 is 1.17 bits per heavy atom. The van der Waals surface area contributed by atoms with E-state index in [-0.39, 0.29) is 5.97 Å². The number of anilines is 1. The molecule has 0 bridgehead atoms. The van der Waals surface area contributed by atoms with Crippen molar-refractivity contribution in [3.8, 4) is 11.3 Å². The molecule has 6 heteroatoms. The molecule has 0 saturated heterocycles. The molecule has 0 spiro atoms. The molecular formula is C23H29N3O2S. The number of benzene rings is 1. The van der Waals surface area contributed by atoms with Crippen molar-refractivity contribution in [3.63, 3.8) is 0 Å². The van der Waals surface area contributed by atoms with Crippen molar-refractivity contribution in [1.29, 1.82) is 0 Å². The lowest BCUT2D eigenvalue weighted by atomic mass is 10.1. The zero-order valence-corrected chi connectivity index (χ0v) is 18.3. The second kappa shape index (κ2) is 8.57. The summed E-state index contributed by atoms with van der Waals surface area (Å²) in [7, 11) is 0. The number of aromatic nitrogens is 2. The molecule has 1 aromatic carbocycles. The molecule has 2 heterocycles. The summed E-state index contributed by atoms with van der Waals surface area (Å²) in [5.74, 6) is 0.734. The monoisotopic (exact) mass is 411 g/mol. The van der Waals surface area contributed by atoms with Gasteiger partial charge in [-0.25, -0.2) is 9.78 Å². The van der Waals surface area contributed by atoms with Crippen molar-refractivity contribution >= 4 is 28.1 Å². The zero-order chi connectivity index (χ0) is 20.4. The van der Waals surface area contributed by atoms with E-state index in [4.69, 9.17) is 9.72 Å². The number of ether oxygens (including phenoxy) is 1. The predicted octanol–water partition coefficient (Wildman–Crippen LogP) is 5.99. The molecule has 2 aromatic heterocycles. The van der Waals surface area contributed by atoms with Crippen molar-refractivity contribution in [2.45, 2.75) is 65.3 Å². The number of carbonyl (C=O) groups excluding carboxylic acids is 1. The quantitative estimate of drug-likeness (QED) is 0.414. The fourth-order valence-electron chi connectivity index (χ4n) is 4.10. The number of imidazole rings is 1. The summed E-state index contributed by atoms with van der Waals surface area (Å²) in [6.07, 6.45) is 7.50. The number of nitrogens with one attached hydrogen (secondary N) is 1. The fourth-order valence-corrected chi connectivity index (χ4v) is 5.12. The van der Waals surface area contributed by atoms with Gasteiger partial charge < -0.3 is 10.1 Å². The van der Waals surface area contributed by atoms with E-state index in [0.717, 1.165) is 27.7 Å². The minimum absolute atomic E-state index is 0.266. The van der Waals surface area contributed by atoms with Gasteiger partial charge in [-0.2, -0.15) is 0 Å². The van der Waals surface area contributed by atoms with Crippen molar-refractivity contribution < 1.29 is 9.53 Å². The average Bonchev–Trinajstić information content (AvgIpc) is 3.08. The number of hydrogen-bond donors (Lipinski definition) is 1. The first-order valence-electron chi connectivity index (χ1n) is 10.6. The molecule has 0 amide bonds. The second-order valence-corrected chi connectivity index (χ2v) is 8.84. The lowest BCUT2D eigenvalue weighted by molar-refractivity contribution is 0.0531. The van der Waals surface area contributed by atoms with Crippen LogP contribution in [0.5, 0.6) is 0 Å². The van der Waals surface area contributed by atoms with Crippen molar-refractivity contribution in [3.05, 3.63) is 40.4 Å². The number of thiazole rings is 1. The van der Waals surface area contributed by atoms with Gasteiger partial charge >= 0.3 is 5.97 Å². The molecule has 4 rings (SSSR count). The van der Waals surface area contributed by atoms with Crippen molar-refractivity contribution in [2.24, 2.45) is 0 Å². The predicted molar refractivity (Wildman–Crippen MR) is 119 cm³/mol. The maximum Gasteiger partial charge on any atom is 0.350 e. The summed E-state index contributed by atoms with van der Waals surface area (Å²) in [5.41, 5.74) is 4.18. The van der Waals surface area contributed by atoms with Crippen LogP contribution in [0.4, 0.5) is 5.82 Å². The number of aryl methyl sites for hydroxylation is 2. The SMILES string of the molecule is CCOC(=O)c1sc2nc(-c3ccc(C)cc3)c(NC3CCCCCC3)n2c1C. The van der Waals surface area contributed by atoms with Gasteiger partial charge in [0.25, 0.3) is 0 Å². The Morgan fingerprint density at radius 3 is 2.52 bits per heavy atom. The number of nitrogens with zero attached hydrogens (tertiary/aromatic N) is 2. The van der Waals surface area contributed by atoms with Gasteiger partial charge in [-0.3, -0.25) is 4.40 Å². The standard InChI is InChI=1S/C23H29N3O2S/c1-4-28-22(27)20-16(3)26-21(24-18-9-7-5-6-8-10-18)19(25-23(26)29-20)17-13-11-15(2)12-14-17/h11-14,18,24H,4-10H2,1-3H3. The van der Waals surface area contributed by atoms with E-state index in [0.29, 0.717) is 17.5 Å². The van der Waals surface area contributed by atoms with Gasteiger partial charge in [0.1, 0.15) is 16.4 Å². The smallest absolute Gasteiger partial charge is 0.350 e. The summed E-state index contributed by atoms with van der Waals surface area (Å²) in [6, 6.07) is 8.93. The first kappa shape index (κ1) is 20.0. The first-order chi connectivity index (χ1) is 14.1. The van der Waals surface area contributed by atoms with E-state index >= 15 is 0 Å². The highest BCUT2D eigenvalue weighted by Crippen LogP contribution is 2.36. The third-order valence-electron chi connectivity index (χ3n) is 5.69. The van der Waals surface area contributed by atoms with E-state index in [9.17, 15) is 4.79 Å². The third-order valence-corrected chi connectivity index (χ3v) is 6.81. The van der Waals surface area contributed by atoms with E-state index in [1.807, 2.05) is 13.8 Å². The molecular weight excluding hydrogens is 382 g/mol. The molecule has 0 atom stereocenters. The van der Waals surface area contributed by atoms with Gasteiger partial charge in [0.15, 0.2) is 4.96 Å². The van der Waals surface area contributed by atoms with Crippen LogP contribution in [-0.2, 0) is 4.74 Å². The van der Waals surface area contributed by atoms with Crippen molar-refractivity contribution in [2.75, 3.05) is 11.9 Å². The topological polar surface area (TPSA) is 55.6 Å². The highest BCUT2D eigenvalue weighted by atomic mass is 32.1. The summed E-state index contributed by atoms with van der Waals surface area (Å²) in [4.78, 5) is 18.8. The van der Waals surface area contributed by atoms with Gasteiger partial charge in [0, 0.05) is 17.3 Å². The van der Waals surface area contributed by atoms with Crippen LogP contribution in [0.15, 0.2) is 24.3 Å². The minimum Gasteiger partial charge on any atom is -0.462 e. The molecule has 1 fully saturated rings. The summed E-state index contributed by atoms with van der Waals surface area (Å²) >= 11 is 1.41. The van der Waals surface area contributed by atoms with Crippen LogP contribution in [0, 0.1) is 13.8 Å².